The minimum atomic E-state index is -0.423. The van der Waals surface area contributed by atoms with Crippen LogP contribution in [0.15, 0.2) is 54.9 Å². The van der Waals surface area contributed by atoms with E-state index in [9.17, 15) is 10.1 Å². The molecule has 0 saturated carbocycles. The number of hydrogen-bond donors (Lipinski definition) is 1. The Morgan fingerprint density at radius 1 is 1.19 bits per heavy atom. The fourth-order valence-electron chi connectivity index (χ4n) is 2.86. The Bertz CT molecular complexity index is 1050. The molecule has 2 aromatic carbocycles. The number of hydrogen-bond acceptors (Lipinski definition) is 5. The molecule has 3 aromatic rings. The van der Waals surface area contributed by atoms with E-state index in [1.807, 2.05) is 12.1 Å². The van der Waals surface area contributed by atoms with Crippen molar-refractivity contribution >= 4 is 40.5 Å². The molecule has 0 spiro atoms. The molecule has 4 rings (SSSR count). The first-order chi connectivity index (χ1) is 12.5. The molecule has 1 aliphatic heterocycles. The summed E-state index contributed by atoms with van der Waals surface area (Å²) in [6.45, 7) is 0. The number of anilines is 1. The van der Waals surface area contributed by atoms with Gasteiger partial charge in [-0.2, -0.15) is 10.1 Å². The van der Waals surface area contributed by atoms with Gasteiger partial charge >= 0.3 is 0 Å². The van der Waals surface area contributed by atoms with Crippen molar-refractivity contribution < 1.29 is 4.92 Å². The van der Waals surface area contributed by atoms with Gasteiger partial charge in [-0.15, -0.1) is 0 Å². The Kier molecular flexibility index (Phi) is 4.10. The Hall–Kier alpha value is -2.90. The summed E-state index contributed by atoms with van der Waals surface area (Å²) < 4.78 is 1.66. The van der Waals surface area contributed by atoms with Crippen LogP contribution in [0.2, 0.25) is 10.0 Å². The molecule has 0 aliphatic carbocycles. The number of fused-ring (bicyclic) bond motifs is 1. The molecule has 26 heavy (non-hydrogen) atoms. The molecule has 1 N–H and O–H groups in total. The topological polar surface area (TPSA) is 85.9 Å². The molecular weight excluding hydrogens is 377 g/mol. The van der Waals surface area contributed by atoms with Gasteiger partial charge in [0.25, 0.3) is 5.69 Å². The van der Waals surface area contributed by atoms with Crippen molar-refractivity contribution in [3.05, 3.63) is 86.2 Å². The summed E-state index contributed by atoms with van der Waals surface area (Å²) in [5, 5.41) is 19.5. The molecule has 0 fully saturated rings. The van der Waals surface area contributed by atoms with Crippen molar-refractivity contribution in [3.63, 3.8) is 0 Å². The van der Waals surface area contributed by atoms with Crippen LogP contribution in [0.5, 0.6) is 0 Å². The molecular formula is C17H11Cl2N5O2. The van der Waals surface area contributed by atoms with Crippen molar-refractivity contribution in [2.75, 3.05) is 5.32 Å². The molecule has 0 bridgehead atoms. The van der Waals surface area contributed by atoms with Gasteiger partial charge in [0.2, 0.25) is 5.95 Å². The molecule has 9 heteroatoms. The van der Waals surface area contributed by atoms with Crippen LogP contribution in [0.4, 0.5) is 11.6 Å². The van der Waals surface area contributed by atoms with E-state index in [-0.39, 0.29) is 11.7 Å². The van der Waals surface area contributed by atoms with Crippen molar-refractivity contribution in [1.82, 2.24) is 14.8 Å². The van der Waals surface area contributed by atoms with Crippen LogP contribution in [-0.4, -0.2) is 19.7 Å². The average molecular weight is 388 g/mol. The Labute approximate surface area is 158 Å². The lowest BCUT2D eigenvalue weighted by molar-refractivity contribution is -0.384. The molecule has 7 nitrogen and oxygen atoms in total. The highest BCUT2D eigenvalue weighted by Gasteiger charge is 2.25. The number of allylic oxidation sites excluding steroid dienone is 1. The fourth-order valence-corrected chi connectivity index (χ4v) is 3.37. The van der Waals surface area contributed by atoms with Gasteiger partial charge in [-0.05, 0) is 29.8 Å². The zero-order chi connectivity index (χ0) is 18.3. The number of aromatic nitrogens is 3. The maximum atomic E-state index is 11.1. The number of benzene rings is 2. The number of nitro benzene ring substituents is 1. The third-order valence-electron chi connectivity index (χ3n) is 4.05. The molecule has 0 unspecified atom stereocenters. The van der Waals surface area contributed by atoms with Crippen molar-refractivity contribution in [1.29, 1.82) is 0 Å². The van der Waals surface area contributed by atoms with Crippen LogP contribution in [-0.2, 0) is 0 Å². The van der Waals surface area contributed by atoms with Crippen molar-refractivity contribution in [2.45, 2.75) is 6.04 Å². The second kappa shape index (κ2) is 6.44. The fraction of sp³-hybridized carbons (Fsp3) is 0.0588. The second-order valence-electron chi connectivity index (χ2n) is 5.65. The molecule has 2 heterocycles. The number of nitrogens with one attached hydrogen (secondary N) is 1. The van der Waals surface area contributed by atoms with Gasteiger partial charge in [-0.1, -0.05) is 35.3 Å². The number of rotatable bonds is 3. The molecule has 1 aromatic heterocycles. The highest BCUT2D eigenvalue weighted by atomic mass is 35.5. The Balaban J connectivity index is 1.84. The molecule has 0 amide bonds. The van der Waals surface area contributed by atoms with Gasteiger partial charge in [0.1, 0.15) is 12.4 Å². The van der Waals surface area contributed by atoms with Gasteiger partial charge in [0.15, 0.2) is 0 Å². The van der Waals surface area contributed by atoms with Crippen LogP contribution >= 0.6 is 23.2 Å². The molecule has 130 valence electrons. The van der Waals surface area contributed by atoms with Crippen LogP contribution < -0.4 is 5.32 Å². The molecule has 0 saturated heterocycles. The van der Waals surface area contributed by atoms with E-state index in [1.165, 1.54) is 18.5 Å². The number of nitro groups is 1. The van der Waals surface area contributed by atoms with Gasteiger partial charge in [0, 0.05) is 28.4 Å². The van der Waals surface area contributed by atoms with E-state index in [1.54, 1.807) is 28.9 Å². The molecule has 1 aliphatic rings. The predicted octanol–water partition coefficient (Wildman–Crippen LogP) is 4.55. The summed E-state index contributed by atoms with van der Waals surface area (Å²) in [5.74, 6) is 0.519. The minimum Gasteiger partial charge on any atom is -0.324 e. The smallest absolute Gasteiger partial charge is 0.269 e. The lowest BCUT2D eigenvalue weighted by Gasteiger charge is -2.24. The van der Waals surface area contributed by atoms with Gasteiger partial charge in [-0.25, -0.2) is 4.68 Å². The zero-order valence-electron chi connectivity index (χ0n) is 13.1. The first kappa shape index (κ1) is 16.6. The van der Waals surface area contributed by atoms with Crippen LogP contribution in [0, 0.1) is 10.1 Å². The van der Waals surface area contributed by atoms with Gasteiger partial charge < -0.3 is 5.32 Å². The Morgan fingerprint density at radius 3 is 2.81 bits per heavy atom. The van der Waals surface area contributed by atoms with Crippen LogP contribution in [0.1, 0.15) is 17.2 Å². The van der Waals surface area contributed by atoms with E-state index in [4.69, 9.17) is 23.2 Å². The van der Waals surface area contributed by atoms with Crippen molar-refractivity contribution in [3.8, 4) is 0 Å². The first-order valence-electron chi connectivity index (χ1n) is 7.61. The monoisotopic (exact) mass is 387 g/mol. The number of non-ortho nitro benzene ring substituents is 1. The standard InChI is InChI=1S/C17H11Cl2N5O2/c18-11-4-5-13(14(19)7-11)15-8-16(23-17(22-15)20-9-21-23)10-2-1-3-12(6-10)24(25)26/h1-9,16H,(H,20,21,22)/t16-/m0/s1. The summed E-state index contributed by atoms with van der Waals surface area (Å²) in [4.78, 5) is 14.9. The maximum absolute atomic E-state index is 11.1. The predicted molar refractivity (Wildman–Crippen MR) is 99.3 cm³/mol. The van der Waals surface area contributed by atoms with Crippen LogP contribution in [0.25, 0.3) is 5.70 Å². The SMILES string of the molecule is O=[N+]([O-])c1cccc([C@@H]2C=C(c3ccc(Cl)cc3Cl)Nc3ncnn32)c1. The largest absolute Gasteiger partial charge is 0.324 e. The summed E-state index contributed by atoms with van der Waals surface area (Å²) in [6.07, 6.45) is 3.32. The van der Waals surface area contributed by atoms with E-state index in [2.05, 4.69) is 15.4 Å². The number of nitrogens with zero attached hydrogens (tertiary/aromatic N) is 4. The number of halogens is 2. The molecule has 0 radical (unpaired) electrons. The molecule has 1 atom stereocenters. The van der Waals surface area contributed by atoms with Gasteiger partial charge in [-0.3, -0.25) is 10.1 Å². The van der Waals surface area contributed by atoms with E-state index >= 15 is 0 Å². The summed E-state index contributed by atoms with van der Waals surface area (Å²) in [6, 6.07) is 11.3. The highest BCUT2D eigenvalue weighted by Crippen LogP contribution is 2.35. The highest BCUT2D eigenvalue weighted by molar-refractivity contribution is 6.35. The quantitative estimate of drug-likeness (QED) is 0.526. The average Bonchev–Trinajstić information content (AvgIpc) is 3.09. The lowest BCUT2D eigenvalue weighted by Crippen LogP contribution is -2.20. The summed E-state index contributed by atoms with van der Waals surface area (Å²) in [5.41, 5.74) is 2.21. The van der Waals surface area contributed by atoms with Gasteiger partial charge in [0.05, 0.1) is 9.95 Å². The van der Waals surface area contributed by atoms with Crippen LogP contribution in [0.3, 0.4) is 0 Å². The maximum Gasteiger partial charge on any atom is 0.269 e. The Morgan fingerprint density at radius 2 is 2.04 bits per heavy atom. The second-order valence-corrected chi connectivity index (χ2v) is 6.50. The van der Waals surface area contributed by atoms with Crippen molar-refractivity contribution in [2.24, 2.45) is 0 Å². The third-order valence-corrected chi connectivity index (χ3v) is 4.60. The van der Waals surface area contributed by atoms with E-state index in [0.29, 0.717) is 16.0 Å². The minimum absolute atomic E-state index is 0.0159. The first-order valence-corrected chi connectivity index (χ1v) is 8.36. The van der Waals surface area contributed by atoms with E-state index < -0.39 is 4.92 Å². The summed E-state index contributed by atoms with van der Waals surface area (Å²) in [7, 11) is 0. The zero-order valence-corrected chi connectivity index (χ0v) is 14.6. The third kappa shape index (κ3) is 2.91. The summed E-state index contributed by atoms with van der Waals surface area (Å²) >= 11 is 12.3. The normalized spacial score (nSPS) is 15.8. The van der Waals surface area contributed by atoms with E-state index in [0.717, 1.165) is 16.8 Å². The lowest BCUT2D eigenvalue weighted by atomic mass is 10.0.